The maximum Gasteiger partial charge on any atom is 0.237 e. The van der Waals surface area contributed by atoms with E-state index in [1.165, 1.54) is 32.1 Å². The Hall–Kier alpha value is -0.610. The second-order valence-electron chi connectivity index (χ2n) is 5.64. The summed E-state index contributed by atoms with van der Waals surface area (Å²) in [4.78, 5) is 14.4. The van der Waals surface area contributed by atoms with Gasteiger partial charge in [-0.2, -0.15) is 0 Å². The number of amides is 1. The van der Waals surface area contributed by atoms with Crippen molar-refractivity contribution in [2.45, 2.75) is 64.1 Å². The number of carbonyl (C=O) groups is 1. The molecule has 2 unspecified atom stereocenters. The van der Waals surface area contributed by atoms with Crippen molar-refractivity contribution in [3.63, 3.8) is 0 Å². The van der Waals surface area contributed by atoms with Gasteiger partial charge >= 0.3 is 0 Å². The second kappa shape index (κ2) is 6.53. The number of carbonyl (C=O) groups excluding carboxylic acids is 1. The summed E-state index contributed by atoms with van der Waals surface area (Å²) in [5.41, 5.74) is 0. The fourth-order valence-electron chi connectivity index (χ4n) is 2.81. The fourth-order valence-corrected chi connectivity index (χ4v) is 2.81. The summed E-state index contributed by atoms with van der Waals surface area (Å²) in [5.74, 6) is 0.177. The molecule has 0 aromatic heterocycles. The summed E-state index contributed by atoms with van der Waals surface area (Å²) >= 11 is 0. The number of likely N-dealkylation sites (tertiary alicyclic amines) is 1. The number of hydrogen-bond donors (Lipinski definition) is 2. The van der Waals surface area contributed by atoms with Crippen LogP contribution in [0.25, 0.3) is 0 Å². The Morgan fingerprint density at radius 1 is 1.33 bits per heavy atom. The topological polar surface area (TPSA) is 44.4 Å². The molecule has 4 nitrogen and oxygen atoms in total. The standard InChI is InChI=1S/C14H27N3O/c1-3-15-14(18)11(2)17-9-5-4-6-13(17)10-16-12-7-8-12/h11-13,16H,3-10H2,1-2H3,(H,15,18). The molecule has 0 bridgehead atoms. The van der Waals surface area contributed by atoms with Crippen LogP contribution in [0, 0.1) is 0 Å². The summed E-state index contributed by atoms with van der Waals surface area (Å²) in [5, 5.41) is 6.55. The predicted molar refractivity (Wildman–Crippen MR) is 73.5 cm³/mol. The van der Waals surface area contributed by atoms with Crippen LogP contribution >= 0.6 is 0 Å². The average molecular weight is 253 g/mol. The molecule has 18 heavy (non-hydrogen) atoms. The number of hydrogen-bond acceptors (Lipinski definition) is 3. The molecule has 2 atom stereocenters. The number of likely N-dealkylation sites (N-methyl/N-ethyl adjacent to an activating group) is 1. The first-order chi connectivity index (χ1) is 8.72. The molecule has 2 aliphatic rings. The van der Waals surface area contributed by atoms with E-state index in [0.29, 0.717) is 6.04 Å². The highest BCUT2D eigenvalue weighted by Crippen LogP contribution is 2.22. The van der Waals surface area contributed by atoms with Gasteiger partial charge in [-0.25, -0.2) is 0 Å². The Bertz CT molecular complexity index is 278. The van der Waals surface area contributed by atoms with Gasteiger partial charge in [-0.05, 0) is 46.1 Å². The third-order valence-corrected chi connectivity index (χ3v) is 4.12. The molecular weight excluding hydrogens is 226 g/mol. The zero-order chi connectivity index (χ0) is 13.0. The van der Waals surface area contributed by atoms with E-state index >= 15 is 0 Å². The van der Waals surface area contributed by atoms with Gasteiger partial charge in [-0.1, -0.05) is 6.42 Å². The van der Waals surface area contributed by atoms with Crippen LogP contribution in [0.5, 0.6) is 0 Å². The molecule has 1 heterocycles. The molecule has 0 radical (unpaired) electrons. The Morgan fingerprint density at radius 2 is 2.11 bits per heavy atom. The third kappa shape index (κ3) is 3.69. The van der Waals surface area contributed by atoms with Crippen molar-refractivity contribution in [3.05, 3.63) is 0 Å². The second-order valence-corrected chi connectivity index (χ2v) is 5.64. The van der Waals surface area contributed by atoms with E-state index in [0.717, 1.165) is 25.7 Å². The first-order valence-electron chi connectivity index (χ1n) is 7.49. The lowest BCUT2D eigenvalue weighted by Crippen LogP contribution is -2.54. The number of piperidine rings is 1. The van der Waals surface area contributed by atoms with Crippen molar-refractivity contribution in [1.82, 2.24) is 15.5 Å². The zero-order valence-electron chi connectivity index (χ0n) is 11.7. The lowest BCUT2D eigenvalue weighted by molar-refractivity contribution is -0.127. The van der Waals surface area contributed by atoms with Gasteiger partial charge in [0, 0.05) is 25.2 Å². The Morgan fingerprint density at radius 3 is 2.78 bits per heavy atom. The molecule has 0 aromatic carbocycles. The van der Waals surface area contributed by atoms with Crippen LogP contribution in [-0.4, -0.2) is 48.6 Å². The minimum Gasteiger partial charge on any atom is -0.355 e. The van der Waals surface area contributed by atoms with Crippen molar-refractivity contribution in [1.29, 1.82) is 0 Å². The molecule has 0 spiro atoms. The van der Waals surface area contributed by atoms with Gasteiger partial charge in [0.1, 0.15) is 0 Å². The first-order valence-corrected chi connectivity index (χ1v) is 7.49. The maximum atomic E-state index is 12.0. The fraction of sp³-hybridized carbons (Fsp3) is 0.929. The van der Waals surface area contributed by atoms with E-state index in [-0.39, 0.29) is 11.9 Å². The van der Waals surface area contributed by atoms with E-state index in [1.807, 2.05) is 13.8 Å². The van der Waals surface area contributed by atoms with Gasteiger partial charge in [-0.3, -0.25) is 9.69 Å². The van der Waals surface area contributed by atoms with E-state index in [9.17, 15) is 4.79 Å². The minimum absolute atomic E-state index is 0.0104. The molecular formula is C14H27N3O. The Balaban J connectivity index is 1.86. The van der Waals surface area contributed by atoms with E-state index < -0.39 is 0 Å². The molecule has 4 heteroatoms. The normalized spacial score (nSPS) is 26.9. The minimum atomic E-state index is 0.0104. The summed E-state index contributed by atoms with van der Waals surface area (Å²) in [7, 11) is 0. The highest BCUT2D eigenvalue weighted by Gasteiger charge is 2.31. The smallest absolute Gasteiger partial charge is 0.237 e. The quantitative estimate of drug-likeness (QED) is 0.745. The van der Waals surface area contributed by atoms with Crippen molar-refractivity contribution in [3.8, 4) is 0 Å². The lowest BCUT2D eigenvalue weighted by atomic mass is 9.99. The monoisotopic (exact) mass is 253 g/mol. The van der Waals surface area contributed by atoms with Crippen LogP contribution in [-0.2, 0) is 4.79 Å². The van der Waals surface area contributed by atoms with Crippen LogP contribution in [0.4, 0.5) is 0 Å². The molecule has 2 rings (SSSR count). The maximum absolute atomic E-state index is 12.0. The summed E-state index contributed by atoms with van der Waals surface area (Å²) in [6, 6.07) is 1.31. The third-order valence-electron chi connectivity index (χ3n) is 4.12. The predicted octanol–water partition coefficient (Wildman–Crippen LogP) is 1.12. The Kier molecular flexibility index (Phi) is 5.01. The molecule has 1 aliphatic carbocycles. The average Bonchev–Trinajstić information content (AvgIpc) is 3.20. The Labute approximate surface area is 110 Å². The lowest BCUT2D eigenvalue weighted by Gasteiger charge is -2.39. The molecule has 1 saturated carbocycles. The number of nitrogens with one attached hydrogen (secondary N) is 2. The van der Waals surface area contributed by atoms with Gasteiger partial charge in [0.15, 0.2) is 0 Å². The molecule has 104 valence electrons. The van der Waals surface area contributed by atoms with Crippen LogP contribution in [0.3, 0.4) is 0 Å². The van der Waals surface area contributed by atoms with Crippen LogP contribution in [0.2, 0.25) is 0 Å². The van der Waals surface area contributed by atoms with E-state index in [2.05, 4.69) is 15.5 Å². The van der Waals surface area contributed by atoms with Gasteiger partial charge in [0.2, 0.25) is 5.91 Å². The van der Waals surface area contributed by atoms with Gasteiger partial charge in [0.25, 0.3) is 0 Å². The van der Waals surface area contributed by atoms with Gasteiger partial charge in [-0.15, -0.1) is 0 Å². The van der Waals surface area contributed by atoms with E-state index in [1.54, 1.807) is 0 Å². The van der Waals surface area contributed by atoms with Crippen molar-refractivity contribution < 1.29 is 4.79 Å². The summed E-state index contributed by atoms with van der Waals surface area (Å²) in [6.07, 6.45) is 6.42. The van der Waals surface area contributed by atoms with Gasteiger partial charge in [0.05, 0.1) is 6.04 Å². The molecule has 2 fully saturated rings. The largest absolute Gasteiger partial charge is 0.355 e. The molecule has 1 amide bonds. The zero-order valence-corrected chi connectivity index (χ0v) is 11.7. The SMILES string of the molecule is CCNC(=O)C(C)N1CCCCC1CNC1CC1. The van der Waals surface area contributed by atoms with Crippen LogP contribution in [0.1, 0.15) is 46.0 Å². The van der Waals surface area contributed by atoms with Crippen molar-refractivity contribution in [2.75, 3.05) is 19.6 Å². The number of rotatable bonds is 6. The highest BCUT2D eigenvalue weighted by molar-refractivity contribution is 5.81. The van der Waals surface area contributed by atoms with Crippen LogP contribution < -0.4 is 10.6 Å². The molecule has 1 aliphatic heterocycles. The molecule has 0 aromatic rings. The van der Waals surface area contributed by atoms with Crippen molar-refractivity contribution in [2.24, 2.45) is 0 Å². The highest BCUT2D eigenvalue weighted by atomic mass is 16.2. The molecule has 1 saturated heterocycles. The van der Waals surface area contributed by atoms with E-state index in [4.69, 9.17) is 0 Å². The summed E-state index contributed by atoms with van der Waals surface area (Å²) < 4.78 is 0. The summed E-state index contributed by atoms with van der Waals surface area (Å²) in [6.45, 7) is 6.86. The van der Waals surface area contributed by atoms with Crippen LogP contribution in [0.15, 0.2) is 0 Å². The molecule has 2 N–H and O–H groups in total. The van der Waals surface area contributed by atoms with Crippen molar-refractivity contribution >= 4 is 5.91 Å². The number of nitrogens with zero attached hydrogens (tertiary/aromatic N) is 1. The van der Waals surface area contributed by atoms with Gasteiger partial charge < -0.3 is 10.6 Å². The first kappa shape index (κ1) is 13.8.